The average Bonchev–Trinajstić information content (AvgIpc) is 2.61. The number of benzene rings is 1. The van der Waals surface area contributed by atoms with Gasteiger partial charge in [0.1, 0.15) is 6.04 Å². The Hall–Kier alpha value is -2.57. The quantitative estimate of drug-likeness (QED) is 0.845. The van der Waals surface area contributed by atoms with Crippen LogP contribution in [0.25, 0.3) is 0 Å². The predicted molar refractivity (Wildman–Crippen MR) is 92.8 cm³/mol. The van der Waals surface area contributed by atoms with E-state index in [9.17, 15) is 14.4 Å². The summed E-state index contributed by atoms with van der Waals surface area (Å²) in [6, 6.07) is 8.82. The number of nitrogens with zero attached hydrogens (tertiary/aromatic N) is 2. The molecule has 0 aliphatic carbocycles. The Labute approximate surface area is 147 Å². The Bertz CT molecular complexity index is 612. The van der Waals surface area contributed by atoms with Crippen molar-refractivity contribution in [1.82, 2.24) is 15.1 Å². The fourth-order valence-corrected chi connectivity index (χ4v) is 2.89. The highest BCUT2D eigenvalue weighted by Gasteiger charge is 2.29. The van der Waals surface area contributed by atoms with E-state index in [0.29, 0.717) is 32.5 Å². The number of rotatable bonds is 5. The first-order valence-electron chi connectivity index (χ1n) is 8.45. The molecular formula is C18H25N3O4. The van der Waals surface area contributed by atoms with Crippen LogP contribution in [0.5, 0.6) is 0 Å². The lowest BCUT2D eigenvalue weighted by Gasteiger charge is -2.34. The molecule has 1 aliphatic heterocycles. The monoisotopic (exact) mass is 347 g/mol. The molecule has 0 saturated carbocycles. The van der Waals surface area contributed by atoms with Crippen LogP contribution in [0.4, 0.5) is 4.79 Å². The third-order valence-corrected chi connectivity index (χ3v) is 4.45. The number of carboxylic acids is 1. The number of amides is 3. The fourth-order valence-electron chi connectivity index (χ4n) is 2.89. The number of carbonyl (C=O) groups is 3. The maximum Gasteiger partial charge on any atom is 0.325 e. The molecule has 2 N–H and O–H groups in total. The van der Waals surface area contributed by atoms with E-state index in [1.165, 1.54) is 6.92 Å². The van der Waals surface area contributed by atoms with Gasteiger partial charge in [0, 0.05) is 32.6 Å². The zero-order chi connectivity index (χ0) is 18.4. The summed E-state index contributed by atoms with van der Waals surface area (Å²) in [5, 5.41) is 11.3. The Balaban J connectivity index is 1.81. The minimum atomic E-state index is -1.05. The van der Waals surface area contributed by atoms with Gasteiger partial charge in [-0.1, -0.05) is 30.3 Å². The van der Waals surface area contributed by atoms with Crippen LogP contribution < -0.4 is 5.32 Å². The number of urea groups is 1. The van der Waals surface area contributed by atoms with Crippen molar-refractivity contribution >= 4 is 17.9 Å². The number of hydrogen-bond acceptors (Lipinski definition) is 3. The molecule has 2 rings (SSSR count). The highest BCUT2D eigenvalue weighted by Crippen LogP contribution is 2.19. The van der Waals surface area contributed by atoms with Gasteiger partial charge < -0.3 is 20.2 Å². The largest absolute Gasteiger partial charge is 0.480 e. The Morgan fingerprint density at radius 1 is 1.24 bits per heavy atom. The van der Waals surface area contributed by atoms with Gasteiger partial charge >= 0.3 is 12.0 Å². The highest BCUT2D eigenvalue weighted by atomic mass is 16.4. The lowest BCUT2D eigenvalue weighted by Crippen LogP contribution is -2.48. The van der Waals surface area contributed by atoms with Gasteiger partial charge in [-0.2, -0.15) is 0 Å². The van der Waals surface area contributed by atoms with E-state index in [4.69, 9.17) is 5.11 Å². The zero-order valence-corrected chi connectivity index (χ0v) is 14.6. The van der Waals surface area contributed by atoms with Crippen LogP contribution in [0.15, 0.2) is 30.3 Å². The van der Waals surface area contributed by atoms with E-state index in [-0.39, 0.29) is 17.9 Å². The summed E-state index contributed by atoms with van der Waals surface area (Å²) in [5.74, 6) is -1.55. The van der Waals surface area contributed by atoms with Crippen molar-refractivity contribution in [2.45, 2.75) is 32.4 Å². The smallest absolute Gasteiger partial charge is 0.325 e. The van der Waals surface area contributed by atoms with Gasteiger partial charge in [0.15, 0.2) is 0 Å². The Kier molecular flexibility index (Phi) is 6.38. The molecular weight excluding hydrogens is 322 g/mol. The lowest BCUT2D eigenvalue weighted by atomic mass is 9.96. The van der Waals surface area contributed by atoms with Crippen LogP contribution in [0.1, 0.15) is 25.3 Å². The van der Waals surface area contributed by atoms with Crippen molar-refractivity contribution < 1.29 is 19.5 Å². The first-order chi connectivity index (χ1) is 11.9. The average molecular weight is 347 g/mol. The second-order valence-corrected chi connectivity index (χ2v) is 6.45. The van der Waals surface area contributed by atoms with Gasteiger partial charge in [-0.3, -0.25) is 9.59 Å². The van der Waals surface area contributed by atoms with Crippen molar-refractivity contribution in [1.29, 1.82) is 0 Å². The molecule has 0 bridgehead atoms. The molecule has 0 unspecified atom stereocenters. The minimum absolute atomic E-state index is 0.0541. The van der Waals surface area contributed by atoms with E-state index in [2.05, 4.69) is 5.32 Å². The van der Waals surface area contributed by atoms with Gasteiger partial charge in [-0.25, -0.2) is 4.79 Å². The molecule has 3 amide bonds. The molecule has 1 heterocycles. The van der Waals surface area contributed by atoms with Crippen LogP contribution >= 0.6 is 0 Å². The summed E-state index contributed by atoms with van der Waals surface area (Å²) in [6.07, 6.45) is 1.09. The first-order valence-corrected chi connectivity index (χ1v) is 8.45. The molecule has 0 spiro atoms. The summed E-state index contributed by atoms with van der Waals surface area (Å²) in [6.45, 7) is 2.97. The number of likely N-dealkylation sites (tertiary alicyclic amines) is 1. The normalized spacial score (nSPS) is 16.2. The van der Waals surface area contributed by atoms with Gasteiger partial charge in [0.25, 0.3) is 0 Å². The number of carboxylic acid groups (broad SMARTS) is 1. The first kappa shape index (κ1) is 18.8. The number of carbonyl (C=O) groups excluding carboxylic acids is 2. The lowest BCUT2D eigenvalue weighted by molar-refractivity contribution is -0.142. The fraction of sp³-hybridized carbons (Fsp3) is 0.500. The molecule has 7 heteroatoms. The summed E-state index contributed by atoms with van der Waals surface area (Å²) in [7, 11) is 1.77. The predicted octanol–water partition coefficient (Wildman–Crippen LogP) is 1.54. The highest BCUT2D eigenvalue weighted by molar-refractivity contribution is 5.85. The second-order valence-electron chi connectivity index (χ2n) is 6.45. The second kappa shape index (κ2) is 8.50. The molecule has 1 saturated heterocycles. The minimum Gasteiger partial charge on any atom is -0.480 e. The van der Waals surface area contributed by atoms with Crippen LogP contribution in [-0.4, -0.2) is 59.0 Å². The maximum absolute atomic E-state index is 12.5. The summed E-state index contributed by atoms with van der Waals surface area (Å²) in [5.41, 5.74) is 1.07. The number of hydrogen-bond donors (Lipinski definition) is 2. The van der Waals surface area contributed by atoms with Crippen LogP contribution in [0.3, 0.4) is 0 Å². The van der Waals surface area contributed by atoms with E-state index in [1.807, 2.05) is 30.3 Å². The van der Waals surface area contributed by atoms with Gasteiger partial charge in [0.05, 0.1) is 0 Å². The van der Waals surface area contributed by atoms with Crippen molar-refractivity contribution in [2.24, 2.45) is 5.92 Å². The van der Waals surface area contributed by atoms with Crippen molar-refractivity contribution in [3.63, 3.8) is 0 Å². The standard InChI is InChI=1S/C18H25N3O4/c1-13(17(23)24)19-16(22)15-8-10-21(11-9-15)18(25)20(2)12-14-6-4-3-5-7-14/h3-7,13,15H,8-12H2,1-2H3,(H,19,22)(H,23,24)/t13-/m1/s1. The Morgan fingerprint density at radius 3 is 2.40 bits per heavy atom. The molecule has 7 nitrogen and oxygen atoms in total. The molecule has 1 fully saturated rings. The topological polar surface area (TPSA) is 90.0 Å². The van der Waals surface area contributed by atoms with Crippen LogP contribution in [0, 0.1) is 5.92 Å². The number of nitrogens with one attached hydrogen (secondary N) is 1. The van der Waals surface area contributed by atoms with E-state index >= 15 is 0 Å². The van der Waals surface area contributed by atoms with Crippen molar-refractivity contribution in [3.8, 4) is 0 Å². The maximum atomic E-state index is 12.5. The molecule has 1 aliphatic rings. The van der Waals surface area contributed by atoms with Crippen LogP contribution in [0.2, 0.25) is 0 Å². The molecule has 1 aromatic rings. The van der Waals surface area contributed by atoms with E-state index in [0.717, 1.165) is 5.56 Å². The molecule has 0 aromatic heterocycles. The summed E-state index contributed by atoms with van der Waals surface area (Å²) in [4.78, 5) is 38.8. The molecule has 136 valence electrons. The molecule has 1 aromatic carbocycles. The zero-order valence-electron chi connectivity index (χ0n) is 14.6. The number of aliphatic carboxylic acids is 1. The van der Waals surface area contributed by atoms with Crippen molar-refractivity contribution in [2.75, 3.05) is 20.1 Å². The van der Waals surface area contributed by atoms with Gasteiger partial charge in [0.2, 0.25) is 5.91 Å². The molecule has 1 atom stereocenters. The van der Waals surface area contributed by atoms with Crippen LogP contribution in [-0.2, 0) is 16.1 Å². The third kappa shape index (κ3) is 5.20. The molecule has 25 heavy (non-hydrogen) atoms. The molecule has 0 radical (unpaired) electrons. The SMILES string of the molecule is C[C@@H](NC(=O)C1CCN(C(=O)N(C)Cc2ccccc2)CC1)C(=O)O. The Morgan fingerprint density at radius 2 is 1.84 bits per heavy atom. The van der Waals surface area contributed by atoms with Gasteiger partial charge in [-0.05, 0) is 25.3 Å². The summed E-state index contributed by atoms with van der Waals surface area (Å²) < 4.78 is 0. The van der Waals surface area contributed by atoms with Gasteiger partial charge in [-0.15, -0.1) is 0 Å². The third-order valence-electron chi connectivity index (χ3n) is 4.45. The number of piperidine rings is 1. The van der Waals surface area contributed by atoms with Crippen molar-refractivity contribution in [3.05, 3.63) is 35.9 Å². The summed E-state index contributed by atoms with van der Waals surface area (Å²) >= 11 is 0. The van der Waals surface area contributed by atoms with E-state index in [1.54, 1.807) is 16.8 Å². The van der Waals surface area contributed by atoms with E-state index < -0.39 is 12.0 Å².